The van der Waals surface area contributed by atoms with Crippen LogP contribution in [0.1, 0.15) is 98.8 Å². The highest BCUT2D eigenvalue weighted by atomic mass is 16.5. The summed E-state index contributed by atoms with van der Waals surface area (Å²) in [7, 11) is 1.47. The van der Waals surface area contributed by atoms with Crippen molar-refractivity contribution in [1.82, 2.24) is 0 Å². The van der Waals surface area contributed by atoms with Crippen LogP contribution in [0.5, 0.6) is 0 Å². The predicted octanol–water partition coefficient (Wildman–Crippen LogP) is 5.71. The third-order valence-corrected chi connectivity index (χ3v) is 11.0. The van der Waals surface area contributed by atoms with Crippen molar-refractivity contribution in [1.29, 1.82) is 0 Å². The number of rotatable bonds is 6. The molecule has 6 heteroatoms. The van der Waals surface area contributed by atoms with E-state index in [1.54, 1.807) is 0 Å². The quantitative estimate of drug-likeness (QED) is 0.351. The first-order valence-corrected chi connectivity index (χ1v) is 13.9. The van der Waals surface area contributed by atoms with Gasteiger partial charge in [0.05, 0.1) is 7.11 Å². The van der Waals surface area contributed by atoms with E-state index >= 15 is 0 Å². The number of fused-ring (bicyclic) bond motifs is 5. The lowest BCUT2D eigenvalue weighted by molar-refractivity contribution is -0.197. The number of esters is 3. The SMILES string of the molecule is COC(=O)CC[C@@H](C)[C@H]1CC[C@H]2[C@@H]3C[C@H](OC(C)=O)[C@H]4C[C@H](OC(C)=O)CC[C@]4(C)[C@H]3CC[C@]12C. The maximum absolute atomic E-state index is 12.1. The summed E-state index contributed by atoms with van der Waals surface area (Å²) in [6.45, 7) is 10.3. The van der Waals surface area contributed by atoms with E-state index in [2.05, 4.69) is 20.8 Å². The largest absolute Gasteiger partial charge is 0.469 e. The molecule has 0 amide bonds. The molecule has 0 N–H and O–H groups in total. The maximum atomic E-state index is 12.1. The monoisotopic (exact) mass is 490 g/mol. The van der Waals surface area contributed by atoms with Crippen LogP contribution in [-0.4, -0.2) is 37.2 Å². The molecule has 0 saturated heterocycles. The summed E-state index contributed by atoms with van der Waals surface area (Å²) in [5.74, 6) is 2.64. The third kappa shape index (κ3) is 4.87. The number of carbonyl (C=O) groups excluding carboxylic acids is 3. The van der Waals surface area contributed by atoms with Crippen LogP contribution in [0.25, 0.3) is 0 Å². The first-order valence-electron chi connectivity index (χ1n) is 13.9. The topological polar surface area (TPSA) is 78.9 Å². The second-order valence-electron chi connectivity index (χ2n) is 12.7. The Hall–Kier alpha value is -1.59. The lowest BCUT2D eigenvalue weighted by Gasteiger charge is -2.62. The highest BCUT2D eigenvalue weighted by molar-refractivity contribution is 5.69. The van der Waals surface area contributed by atoms with Gasteiger partial charge in [0.1, 0.15) is 12.2 Å². The molecule has 198 valence electrons. The molecule has 0 radical (unpaired) electrons. The summed E-state index contributed by atoms with van der Waals surface area (Å²) in [6.07, 6.45) is 9.78. The molecule has 6 nitrogen and oxygen atoms in total. The van der Waals surface area contributed by atoms with Crippen LogP contribution in [0.3, 0.4) is 0 Å². The predicted molar refractivity (Wildman–Crippen MR) is 132 cm³/mol. The highest BCUT2D eigenvalue weighted by Gasteiger charge is 2.63. The Bertz CT molecular complexity index is 824. The number of hydrogen-bond donors (Lipinski definition) is 0. The Labute approximate surface area is 211 Å². The summed E-state index contributed by atoms with van der Waals surface area (Å²) in [6, 6.07) is 0. The van der Waals surface area contributed by atoms with Crippen LogP contribution >= 0.6 is 0 Å². The average Bonchev–Trinajstić information content (AvgIpc) is 3.14. The molecule has 35 heavy (non-hydrogen) atoms. The van der Waals surface area contributed by atoms with Gasteiger partial charge in [0.15, 0.2) is 0 Å². The fraction of sp³-hybridized carbons (Fsp3) is 0.897. The molecule has 0 aromatic carbocycles. The van der Waals surface area contributed by atoms with Crippen LogP contribution in [0.4, 0.5) is 0 Å². The van der Waals surface area contributed by atoms with Gasteiger partial charge in [0.2, 0.25) is 0 Å². The molecule has 10 atom stereocenters. The van der Waals surface area contributed by atoms with Gasteiger partial charge in [-0.3, -0.25) is 14.4 Å². The van der Waals surface area contributed by atoms with Gasteiger partial charge in [-0.15, -0.1) is 0 Å². The summed E-state index contributed by atoms with van der Waals surface area (Å²) in [5, 5.41) is 0. The first kappa shape index (κ1) is 26.5. The summed E-state index contributed by atoms with van der Waals surface area (Å²) >= 11 is 0. The van der Waals surface area contributed by atoms with Crippen molar-refractivity contribution < 1.29 is 28.6 Å². The van der Waals surface area contributed by atoms with E-state index in [1.807, 2.05) is 0 Å². The van der Waals surface area contributed by atoms with Crippen molar-refractivity contribution in [2.75, 3.05) is 7.11 Å². The van der Waals surface area contributed by atoms with E-state index in [0.717, 1.165) is 32.1 Å². The molecule has 0 aromatic heterocycles. The van der Waals surface area contributed by atoms with Gasteiger partial charge in [-0.05, 0) is 98.2 Å². The van der Waals surface area contributed by atoms with Crippen molar-refractivity contribution in [2.45, 2.75) is 111 Å². The Morgan fingerprint density at radius 1 is 0.857 bits per heavy atom. The highest BCUT2D eigenvalue weighted by Crippen LogP contribution is 2.68. The second-order valence-corrected chi connectivity index (χ2v) is 12.7. The number of methoxy groups -OCH3 is 1. The van der Waals surface area contributed by atoms with E-state index in [1.165, 1.54) is 46.6 Å². The van der Waals surface area contributed by atoms with Crippen LogP contribution in [0.2, 0.25) is 0 Å². The Morgan fingerprint density at radius 2 is 1.51 bits per heavy atom. The fourth-order valence-corrected chi connectivity index (χ4v) is 9.54. The Morgan fingerprint density at radius 3 is 2.17 bits per heavy atom. The van der Waals surface area contributed by atoms with E-state index in [9.17, 15) is 14.4 Å². The van der Waals surface area contributed by atoms with Crippen molar-refractivity contribution in [2.24, 2.45) is 46.3 Å². The van der Waals surface area contributed by atoms with Crippen molar-refractivity contribution in [3.63, 3.8) is 0 Å². The minimum absolute atomic E-state index is 0.0689. The van der Waals surface area contributed by atoms with Gasteiger partial charge in [-0.1, -0.05) is 20.8 Å². The molecule has 0 aliphatic heterocycles. The Balaban J connectivity index is 1.56. The molecule has 4 fully saturated rings. The van der Waals surface area contributed by atoms with Crippen LogP contribution < -0.4 is 0 Å². The minimum atomic E-state index is -0.219. The third-order valence-electron chi connectivity index (χ3n) is 11.0. The van der Waals surface area contributed by atoms with E-state index < -0.39 is 0 Å². The van der Waals surface area contributed by atoms with Gasteiger partial charge in [0.25, 0.3) is 0 Å². The van der Waals surface area contributed by atoms with Crippen molar-refractivity contribution in [3.05, 3.63) is 0 Å². The zero-order chi connectivity index (χ0) is 25.5. The molecular formula is C29H46O6. The van der Waals surface area contributed by atoms with Crippen LogP contribution in [0, 0.1) is 46.3 Å². The van der Waals surface area contributed by atoms with Gasteiger partial charge in [-0.2, -0.15) is 0 Å². The van der Waals surface area contributed by atoms with Crippen molar-refractivity contribution >= 4 is 17.9 Å². The van der Waals surface area contributed by atoms with Gasteiger partial charge in [0, 0.05) is 26.2 Å². The van der Waals surface area contributed by atoms with Gasteiger partial charge < -0.3 is 14.2 Å². The molecule has 4 aliphatic rings. The van der Waals surface area contributed by atoms with Gasteiger partial charge >= 0.3 is 17.9 Å². The molecule has 0 spiro atoms. The smallest absolute Gasteiger partial charge is 0.305 e. The zero-order valence-electron chi connectivity index (χ0n) is 22.6. The fourth-order valence-electron chi connectivity index (χ4n) is 9.54. The molecule has 0 aromatic rings. The Kier molecular flexibility index (Phi) is 7.60. The number of ether oxygens (including phenoxy) is 3. The standard InChI is InChI=1S/C29H46O6/c1-17(7-10-27(32)33-6)22-8-9-23-21-16-26(35-19(3)31)25-15-20(34-18(2)30)11-13-29(25,5)24(21)12-14-28(22,23)4/h17,20-26H,7-16H2,1-6H3/t17-,20-,21+,22-,23+,24+,25-,26+,28-,29-/m1/s1. The van der Waals surface area contributed by atoms with Gasteiger partial charge in [-0.25, -0.2) is 0 Å². The van der Waals surface area contributed by atoms with E-state index in [4.69, 9.17) is 14.2 Å². The van der Waals surface area contributed by atoms with E-state index in [0.29, 0.717) is 36.0 Å². The molecule has 4 rings (SSSR count). The van der Waals surface area contributed by atoms with Crippen LogP contribution in [0.15, 0.2) is 0 Å². The molecule has 0 unspecified atom stereocenters. The summed E-state index contributed by atoms with van der Waals surface area (Å²) in [4.78, 5) is 35.6. The van der Waals surface area contributed by atoms with E-state index in [-0.39, 0.29) is 46.9 Å². The number of hydrogen-bond acceptors (Lipinski definition) is 6. The molecular weight excluding hydrogens is 444 g/mol. The number of carbonyl (C=O) groups is 3. The zero-order valence-corrected chi connectivity index (χ0v) is 22.6. The molecule has 4 aliphatic carbocycles. The second kappa shape index (κ2) is 10.0. The normalized spacial score (nSPS) is 43.2. The van der Waals surface area contributed by atoms with Crippen molar-refractivity contribution in [3.8, 4) is 0 Å². The molecule has 0 bridgehead atoms. The van der Waals surface area contributed by atoms with Crippen LogP contribution in [-0.2, 0) is 28.6 Å². The lowest BCUT2D eigenvalue weighted by atomic mass is 9.43. The summed E-state index contributed by atoms with van der Waals surface area (Å²) < 4.78 is 16.6. The first-order chi connectivity index (χ1) is 16.5. The summed E-state index contributed by atoms with van der Waals surface area (Å²) in [5.41, 5.74) is 0.380. The minimum Gasteiger partial charge on any atom is -0.469 e. The molecule has 4 saturated carbocycles. The molecule has 0 heterocycles. The maximum Gasteiger partial charge on any atom is 0.305 e. The lowest BCUT2D eigenvalue weighted by Crippen LogP contribution is -2.59. The average molecular weight is 491 g/mol.